The van der Waals surface area contributed by atoms with E-state index in [4.69, 9.17) is 15.2 Å². The monoisotopic (exact) mass is 294 g/mol. The van der Waals surface area contributed by atoms with Crippen LogP contribution >= 0.6 is 0 Å². The second-order valence-electron chi connectivity index (χ2n) is 3.47. The van der Waals surface area contributed by atoms with Crippen molar-refractivity contribution in [2.24, 2.45) is 5.73 Å². The summed E-state index contributed by atoms with van der Waals surface area (Å²) in [5.74, 6) is -1.77. The van der Waals surface area contributed by atoms with Crippen molar-refractivity contribution in [3.63, 3.8) is 0 Å². The van der Waals surface area contributed by atoms with Gasteiger partial charge in [-0.05, 0) is 6.92 Å². The first-order chi connectivity index (χ1) is 9.32. The normalized spacial score (nSPS) is 11.1. The molecule has 1 rings (SSSR count). The molecule has 1 aromatic heterocycles. The number of hydrogen-bond donors (Lipinski definition) is 1. The van der Waals surface area contributed by atoms with Crippen molar-refractivity contribution in [2.75, 3.05) is 13.7 Å². The van der Waals surface area contributed by atoms with E-state index in [-0.39, 0.29) is 24.5 Å². The van der Waals surface area contributed by atoms with Crippen molar-refractivity contribution in [3.05, 3.63) is 17.3 Å². The minimum Gasteiger partial charge on any atom is -0.494 e. The molecule has 6 nitrogen and oxygen atoms in total. The Morgan fingerprint density at radius 2 is 2.10 bits per heavy atom. The van der Waals surface area contributed by atoms with Crippen LogP contribution in [0.3, 0.4) is 0 Å². The number of methoxy groups -OCH3 is 1. The summed E-state index contributed by atoms with van der Waals surface area (Å²) in [6.45, 7) is 1.42. The van der Waals surface area contributed by atoms with Gasteiger partial charge in [-0.2, -0.15) is 0 Å². The zero-order chi connectivity index (χ0) is 15.3. The summed E-state index contributed by atoms with van der Waals surface area (Å²) in [7, 11) is 1.24. The summed E-state index contributed by atoms with van der Waals surface area (Å²) in [5, 5.41) is 0. The number of pyridine rings is 1. The fraction of sp³-hybridized carbons (Fsp3) is 0.455. The predicted octanol–water partition coefficient (Wildman–Crippen LogP) is 1.62. The molecule has 20 heavy (non-hydrogen) atoms. The molecular formula is C11H13F3N2O4. The Kier molecular flexibility index (Phi) is 5.14. The summed E-state index contributed by atoms with van der Waals surface area (Å²) >= 11 is 0. The molecule has 2 N–H and O–H groups in total. The first-order valence-electron chi connectivity index (χ1n) is 5.53. The van der Waals surface area contributed by atoms with Gasteiger partial charge in [0.1, 0.15) is 0 Å². The summed E-state index contributed by atoms with van der Waals surface area (Å²) in [4.78, 5) is 15.1. The van der Waals surface area contributed by atoms with E-state index in [0.29, 0.717) is 0 Å². The molecule has 0 aliphatic rings. The zero-order valence-corrected chi connectivity index (χ0v) is 10.8. The maximum absolute atomic E-state index is 12.2. The molecule has 0 aliphatic heterocycles. The molecule has 112 valence electrons. The number of nitrogens with two attached hydrogens (primary N) is 1. The van der Waals surface area contributed by atoms with Gasteiger partial charge in [0.05, 0.1) is 13.7 Å². The van der Waals surface area contributed by atoms with E-state index in [9.17, 15) is 18.0 Å². The van der Waals surface area contributed by atoms with E-state index < -0.39 is 23.9 Å². The average Bonchev–Trinajstić information content (AvgIpc) is 2.35. The van der Waals surface area contributed by atoms with E-state index >= 15 is 0 Å². The molecule has 0 fully saturated rings. The van der Waals surface area contributed by atoms with Gasteiger partial charge in [0, 0.05) is 18.2 Å². The number of nitrogens with zero attached hydrogens (tertiary/aromatic N) is 1. The number of aromatic nitrogens is 1. The van der Waals surface area contributed by atoms with Crippen LogP contribution in [0.15, 0.2) is 6.07 Å². The van der Waals surface area contributed by atoms with Crippen LogP contribution < -0.4 is 15.2 Å². The number of hydrogen-bond acceptors (Lipinski definition) is 6. The zero-order valence-electron chi connectivity index (χ0n) is 10.8. The third kappa shape index (κ3) is 3.98. The Morgan fingerprint density at radius 3 is 2.55 bits per heavy atom. The highest BCUT2D eigenvalue weighted by atomic mass is 19.4. The van der Waals surface area contributed by atoms with E-state index in [1.807, 2.05) is 0 Å². The minimum atomic E-state index is -4.93. The molecule has 9 heteroatoms. The molecule has 0 aromatic carbocycles. The molecule has 1 heterocycles. The van der Waals surface area contributed by atoms with Crippen molar-refractivity contribution in [3.8, 4) is 11.6 Å². The van der Waals surface area contributed by atoms with E-state index in [0.717, 1.165) is 6.07 Å². The Balaban J connectivity index is 3.30. The van der Waals surface area contributed by atoms with Crippen molar-refractivity contribution < 1.29 is 32.2 Å². The van der Waals surface area contributed by atoms with Gasteiger partial charge < -0.3 is 19.9 Å². The summed E-state index contributed by atoms with van der Waals surface area (Å²) < 4.78 is 49.9. The maximum Gasteiger partial charge on any atom is 0.574 e. The first kappa shape index (κ1) is 16.0. The molecule has 0 atom stereocenters. The third-order valence-electron chi connectivity index (χ3n) is 2.14. The van der Waals surface area contributed by atoms with Crippen molar-refractivity contribution in [1.29, 1.82) is 0 Å². The lowest BCUT2D eigenvalue weighted by molar-refractivity contribution is -0.276. The topological polar surface area (TPSA) is 83.7 Å². The number of halogens is 3. The van der Waals surface area contributed by atoms with Gasteiger partial charge in [0.25, 0.3) is 0 Å². The molecule has 0 bridgehead atoms. The van der Waals surface area contributed by atoms with Gasteiger partial charge in [-0.1, -0.05) is 0 Å². The fourth-order valence-electron chi connectivity index (χ4n) is 1.45. The Bertz CT molecular complexity index is 491. The van der Waals surface area contributed by atoms with Crippen LogP contribution in [0, 0.1) is 0 Å². The van der Waals surface area contributed by atoms with E-state index in [1.165, 1.54) is 7.11 Å². The fourth-order valence-corrected chi connectivity index (χ4v) is 1.45. The molecule has 0 radical (unpaired) electrons. The standard InChI is InChI=1S/C11H13F3N2O4/c1-3-19-10(17)8-9(18-2)6(5-15)4-7(16-8)20-11(12,13)14/h4H,3,5,15H2,1-2H3. The van der Waals surface area contributed by atoms with Crippen LogP contribution in [0.2, 0.25) is 0 Å². The lowest BCUT2D eigenvalue weighted by atomic mass is 10.2. The maximum atomic E-state index is 12.2. The quantitative estimate of drug-likeness (QED) is 0.831. The average molecular weight is 294 g/mol. The number of carbonyl (C=O) groups is 1. The molecule has 0 saturated carbocycles. The summed E-state index contributed by atoms with van der Waals surface area (Å²) in [5.41, 5.74) is 5.13. The Labute approximate surface area is 112 Å². The van der Waals surface area contributed by atoms with Crippen LogP contribution in [0.1, 0.15) is 23.0 Å². The molecule has 0 amide bonds. The minimum absolute atomic E-state index is 0.0337. The number of rotatable bonds is 5. The smallest absolute Gasteiger partial charge is 0.494 e. The molecule has 0 aliphatic carbocycles. The number of esters is 1. The number of alkyl halides is 3. The van der Waals surface area contributed by atoms with Crippen molar-refractivity contribution in [2.45, 2.75) is 19.8 Å². The first-order valence-corrected chi connectivity index (χ1v) is 5.53. The molecule has 0 unspecified atom stereocenters. The lowest BCUT2D eigenvalue weighted by Crippen LogP contribution is -2.20. The molecule has 0 spiro atoms. The second-order valence-corrected chi connectivity index (χ2v) is 3.47. The van der Waals surface area contributed by atoms with Crippen LogP contribution in [-0.2, 0) is 11.3 Å². The highest BCUT2D eigenvalue weighted by molar-refractivity contribution is 5.91. The van der Waals surface area contributed by atoms with Crippen LogP contribution in [0.4, 0.5) is 13.2 Å². The molecular weight excluding hydrogens is 281 g/mol. The van der Waals surface area contributed by atoms with Gasteiger partial charge in [0.2, 0.25) is 5.88 Å². The van der Waals surface area contributed by atoms with Gasteiger partial charge in [0.15, 0.2) is 11.4 Å². The third-order valence-corrected chi connectivity index (χ3v) is 2.14. The Hall–Kier alpha value is -2.03. The molecule has 1 aromatic rings. The number of ether oxygens (including phenoxy) is 3. The van der Waals surface area contributed by atoms with Gasteiger partial charge in [-0.3, -0.25) is 0 Å². The SMILES string of the molecule is CCOC(=O)c1nc(OC(F)(F)F)cc(CN)c1OC. The predicted molar refractivity (Wildman–Crippen MR) is 61.3 cm³/mol. The van der Waals surface area contributed by atoms with Crippen LogP contribution in [0.5, 0.6) is 11.6 Å². The second kappa shape index (κ2) is 6.42. The van der Waals surface area contributed by atoms with E-state index in [1.54, 1.807) is 6.92 Å². The number of carbonyl (C=O) groups excluding carboxylic acids is 1. The van der Waals surface area contributed by atoms with Crippen molar-refractivity contribution in [1.82, 2.24) is 4.98 Å². The Morgan fingerprint density at radius 1 is 1.45 bits per heavy atom. The largest absolute Gasteiger partial charge is 0.574 e. The van der Waals surface area contributed by atoms with Gasteiger partial charge in [-0.25, -0.2) is 9.78 Å². The van der Waals surface area contributed by atoms with Crippen LogP contribution in [-0.4, -0.2) is 31.0 Å². The van der Waals surface area contributed by atoms with Gasteiger partial charge in [-0.15, -0.1) is 13.2 Å². The summed E-state index contributed by atoms with van der Waals surface area (Å²) in [6, 6.07) is 0.953. The van der Waals surface area contributed by atoms with Crippen molar-refractivity contribution >= 4 is 5.97 Å². The molecule has 0 saturated heterocycles. The van der Waals surface area contributed by atoms with Crippen LogP contribution in [0.25, 0.3) is 0 Å². The highest BCUT2D eigenvalue weighted by Crippen LogP contribution is 2.29. The van der Waals surface area contributed by atoms with E-state index in [2.05, 4.69) is 9.72 Å². The highest BCUT2D eigenvalue weighted by Gasteiger charge is 2.33. The lowest BCUT2D eigenvalue weighted by Gasteiger charge is -2.14. The van der Waals surface area contributed by atoms with Gasteiger partial charge >= 0.3 is 12.3 Å². The summed E-state index contributed by atoms with van der Waals surface area (Å²) in [6.07, 6.45) is -4.93.